The lowest BCUT2D eigenvalue weighted by Gasteiger charge is -2.22. The molecule has 0 amide bonds. The highest BCUT2D eigenvalue weighted by Crippen LogP contribution is 2.33. The van der Waals surface area contributed by atoms with Crippen molar-refractivity contribution < 1.29 is 0 Å². The number of nitrogens with zero attached hydrogens (tertiary/aromatic N) is 1. The van der Waals surface area contributed by atoms with Gasteiger partial charge >= 0.3 is 0 Å². The summed E-state index contributed by atoms with van der Waals surface area (Å²) >= 11 is 3.65. The van der Waals surface area contributed by atoms with Crippen molar-refractivity contribution in [3.63, 3.8) is 0 Å². The topological polar surface area (TPSA) is 29.3 Å². The molecule has 1 fully saturated rings. The zero-order valence-corrected chi connectivity index (χ0v) is 10.8. The zero-order chi connectivity index (χ0) is 11.0. The molecule has 1 heterocycles. The van der Waals surface area contributed by atoms with E-state index in [9.17, 15) is 0 Å². The lowest BCUT2D eigenvalue weighted by Crippen LogP contribution is -2.27. The van der Waals surface area contributed by atoms with Crippen LogP contribution in [0.3, 0.4) is 0 Å². The minimum atomic E-state index is 0.331. The minimum Gasteiger partial charge on any atom is -0.369 e. The quantitative estimate of drug-likeness (QED) is 0.849. The average molecular weight is 269 g/mol. The van der Waals surface area contributed by atoms with Crippen molar-refractivity contribution in [3.8, 4) is 0 Å². The Bertz CT molecular complexity index is 353. The number of benzene rings is 1. The molecule has 1 aliphatic heterocycles. The van der Waals surface area contributed by atoms with Crippen molar-refractivity contribution in [2.45, 2.75) is 26.3 Å². The maximum absolute atomic E-state index is 5.94. The molecule has 1 aromatic carbocycles. The second-order valence-corrected chi connectivity index (χ2v) is 5.26. The summed E-state index contributed by atoms with van der Waals surface area (Å²) in [5.74, 6) is 0. The van der Waals surface area contributed by atoms with E-state index < -0.39 is 0 Å². The Labute approximate surface area is 99.6 Å². The van der Waals surface area contributed by atoms with Crippen LogP contribution in [0, 0.1) is 13.8 Å². The van der Waals surface area contributed by atoms with Gasteiger partial charge in [-0.25, -0.2) is 0 Å². The van der Waals surface area contributed by atoms with Crippen molar-refractivity contribution in [1.29, 1.82) is 0 Å². The van der Waals surface area contributed by atoms with E-state index in [0.717, 1.165) is 19.5 Å². The van der Waals surface area contributed by atoms with E-state index in [-0.39, 0.29) is 0 Å². The lowest BCUT2D eigenvalue weighted by atomic mass is 10.1. The first-order valence-electron chi connectivity index (χ1n) is 5.35. The fraction of sp³-hybridized carbons (Fsp3) is 0.500. The van der Waals surface area contributed by atoms with Crippen molar-refractivity contribution >= 4 is 21.6 Å². The molecule has 82 valence electrons. The molecule has 2 rings (SSSR count). The van der Waals surface area contributed by atoms with E-state index in [2.05, 4.69) is 46.8 Å². The predicted octanol–water partition coefficient (Wildman–Crippen LogP) is 2.60. The third kappa shape index (κ3) is 2.18. The first-order chi connectivity index (χ1) is 7.08. The van der Waals surface area contributed by atoms with Crippen molar-refractivity contribution in [2.24, 2.45) is 5.73 Å². The van der Waals surface area contributed by atoms with Gasteiger partial charge in [0, 0.05) is 23.6 Å². The molecule has 1 aromatic rings. The molecule has 1 atom stereocenters. The van der Waals surface area contributed by atoms with E-state index in [1.165, 1.54) is 21.3 Å². The molecule has 2 N–H and O–H groups in total. The molecule has 0 aromatic heterocycles. The summed E-state index contributed by atoms with van der Waals surface area (Å²) in [7, 11) is 0. The van der Waals surface area contributed by atoms with Gasteiger partial charge in [0.25, 0.3) is 0 Å². The number of aryl methyl sites for hydroxylation is 2. The minimum absolute atomic E-state index is 0.331. The lowest BCUT2D eigenvalue weighted by molar-refractivity contribution is 0.752. The van der Waals surface area contributed by atoms with Crippen molar-refractivity contribution in [1.82, 2.24) is 0 Å². The SMILES string of the molecule is Cc1cc(C)c(N2CCC(N)C2)c(Br)c1. The Hall–Kier alpha value is -0.540. The van der Waals surface area contributed by atoms with Gasteiger partial charge in [0.05, 0.1) is 5.69 Å². The summed E-state index contributed by atoms with van der Waals surface area (Å²) in [5, 5.41) is 0. The number of anilines is 1. The third-order valence-electron chi connectivity index (χ3n) is 2.94. The van der Waals surface area contributed by atoms with Crippen LogP contribution in [-0.4, -0.2) is 19.1 Å². The van der Waals surface area contributed by atoms with Crippen LogP contribution in [0.4, 0.5) is 5.69 Å². The van der Waals surface area contributed by atoms with Gasteiger partial charge in [0.15, 0.2) is 0 Å². The van der Waals surface area contributed by atoms with E-state index in [4.69, 9.17) is 5.73 Å². The van der Waals surface area contributed by atoms with E-state index in [1.54, 1.807) is 0 Å². The molecule has 2 nitrogen and oxygen atoms in total. The number of hydrogen-bond acceptors (Lipinski definition) is 2. The fourth-order valence-electron chi connectivity index (χ4n) is 2.30. The molecule has 1 saturated heterocycles. The molecule has 0 spiro atoms. The van der Waals surface area contributed by atoms with Crippen LogP contribution in [0.5, 0.6) is 0 Å². The summed E-state index contributed by atoms with van der Waals surface area (Å²) in [4.78, 5) is 2.38. The number of hydrogen-bond donors (Lipinski definition) is 1. The summed E-state index contributed by atoms with van der Waals surface area (Å²) in [6.45, 7) is 6.33. The van der Waals surface area contributed by atoms with Gasteiger partial charge in [-0.05, 0) is 53.4 Å². The van der Waals surface area contributed by atoms with Gasteiger partial charge in [0.1, 0.15) is 0 Å². The van der Waals surface area contributed by atoms with Crippen molar-refractivity contribution in [2.75, 3.05) is 18.0 Å². The second-order valence-electron chi connectivity index (χ2n) is 4.41. The van der Waals surface area contributed by atoms with Crippen LogP contribution in [0.25, 0.3) is 0 Å². The third-order valence-corrected chi connectivity index (χ3v) is 3.54. The molecule has 0 aliphatic carbocycles. The van der Waals surface area contributed by atoms with Gasteiger partial charge in [0.2, 0.25) is 0 Å². The van der Waals surface area contributed by atoms with Gasteiger partial charge < -0.3 is 10.6 Å². The summed E-state index contributed by atoms with van der Waals surface area (Å²) in [6.07, 6.45) is 1.10. The fourth-order valence-corrected chi connectivity index (χ4v) is 3.22. The highest BCUT2D eigenvalue weighted by molar-refractivity contribution is 9.10. The molecular weight excluding hydrogens is 252 g/mol. The van der Waals surface area contributed by atoms with Crippen LogP contribution in [0.1, 0.15) is 17.5 Å². The van der Waals surface area contributed by atoms with E-state index in [0.29, 0.717) is 6.04 Å². The first-order valence-corrected chi connectivity index (χ1v) is 6.14. The number of rotatable bonds is 1. The molecule has 1 unspecified atom stereocenters. The molecule has 0 radical (unpaired) electrons. The maximum atomic E-state index is 5.94. The van der Waals surface area contributed by atoms with Gasteiger partial charge in [-0.3, -0.25) is 0 Å². The Morgan fingerprint density at radius 2 is 2.13 bits per heavy atom. The largest absolute Gasteiger partial charge is 0.369 e. The Morgan fingerprint density at radius 1 is 1.40 bits per heavy atom. The first kappa shape index (κ1) is 11.0. The highest BCUT2D eigenvalue weighted by Gasteiger charge is 2.22. The monoisotopic (exact) mass is 268 g/mol. The summed E-state index contributed by atoms with van der Waals surface area (Å²) in [6, 6.07) is 4.73. The normalized spacial score (nSPS) is 21.1. The average Bonchev–Trinajstić information content (AvgIpc) is 2.49. The highest BCUT2D eigenvalue weighted by atomic mass is 79.9. The van der Waals surface area contributed by atoms with Crippen LogP contribution in [-0.2, 0) is 0 Å². The second kappa shape index (κ2) is 4.14. The summed E-state index contributed by atoms with van der Waals surface area (Å²) < 4.78 is 1.19. The molecule has 3 heteroatoms. The van der Waals surface area contributed by atoms with Gasteiger partial charge in [-0.1, -0.05) is 6.07 Å². The zero-order valence-electron chi connectivity index (χ0n) is 9.26. The van der Waals surface area contributed by atoms with Gasteiger partial charge in [-0.2, -0.15) is 0 Å². The molecular formula is C12H17BrN2. The Morgan fingerprint density at radius 3 is 2.67 bits per heavy atom. The molecule has 0 saturated carbocycles. The Kier molecular flexibility index (Phi) is 3.03. The van der Waals surface area contributed by atoms with Crippen LogP contribution >= 0.6 is 15.9 Å². The predicted molar refractivity (Wildman–Crippen MR) is 68.4 cm³/mol. The summed E-state index contributed by atoms with van der Waals surface area (Å²) in [5.41, 5.74) is 9.88. The standard InChI is InChI=1S/C12H17BrN2/c1-8-5-9(2)12(11(13)6-8)15-4-3-10(14)7-15/h5-6,10H,3-4,7,14H2,1-2H3. The number of halogens is 1. The van der Waals surface area contributed by atoms with E-state index >= 15 is 0 Å². The molecule has 1 aliphatic rings. The maximum Gasteiger partial charge on any atom is 0.0541 e. The molecule has 15 heavy (non-hydrogen) atoms. The van der Waals surface area contributed by atoms with Crippen molar-refractivity contribution in [3.05, 3.63) is 27.7 Å². The van der Waals surface area contributed by atoms with Crippen LogP contribution in [0.2, 0.25) is 0 Å². The van der Waals surface area contributed by atoms with Gasteiger partial charge in [-0.15, -0.1) is 0 Å². The number of nitrogens with two attached hydrogens (primary N) is 1. The Balaban J connectivity index is 2.35. The molecule has 0 bridgehead atoms. The van der Waals surface area contributed by atoms with Crippen LogP contribution in [0.15, 0.2) is 16.6 Å². The van der Waals surface area contributed by atoms with E-state index in [1.807, 2.05) is 0 Å². The smallest absolute Gasteiger partial charge is 0.0541 e. The van der Waals surface area contributed by atoms with Crippen LogP contribution < -0.4 is 10.6 Å².